The molecule has 0 saturated carbocycles. The smallest absolute Gasteiger partial charge is 0.319 e. The van der Waals surface area contributed by atoms with Gasteiger partial charge >= 0.3 is 6.01 Å². The number of fused-ring (bicyclic) bond motifs is 1. The number of hydrogen-bond acceptors (Lipinski definition) is 7. The average Bonchev–Trinajstić information content (AvgIpc) is 2.79. The molecule has 1 amide bonds. The predicted molar refractivity (Wildman–Crippen MR) is 112 cm³/mol. The second kappa shape index (κ2) is 8.61. The first-order valence-corrected chi connectivity index (χ1v) is 10.0. The number of hydrogen-bond donors (Lipinski definition) is 0. The summed E-state index contributed by atoms with van der Waals surface area (Å²) >= 11 is 0. The van der Waals surface area contributed by atoms with Crippen LogP contribution in [0.5, 0.6) is 11.9 Å². The van der Waals surface area contributed by atoms with Crippen LogP contribution in [-0.4, -0.2) is 58.1 Å². The van der Waals surface area contributed by atoms with Crippen molar-refractivity contribution in [2.24, 2.45) is 0 Å². The van der Waals surface area contributed by atoms with Crippen LogP contribution in [0.4, 0.5) is 0 Å². The first-order valence-electron chi connectivity index (χ1n) is 10.0. The van der Waals surface area contributed by atoms with Crippen LogP contribution in [0.2, 0.25) is 0 Å². The highest BCUT2D eigenvalue weighted by molar-refractivity contribution is 5.80. The zero-order valence-corrected chi connectivity index (χ0v) is 17.5. The Morgan fingerprint density at radius 3 is 2.70 bits per heavy atom. The molecule has 156 valence electrons. The van der Waals surface area contributed by atoms with Crippen LogP contribution in [0.25, 0.3) is 10.9 Å². The van der Waals surface area contributed by atoms with Crippen molar-refractivity contribution in [3.8, 4) is 11.9 Å². The minimum atomic E-state index is 0.0526. The summed E-state index contributed by atoms with van der Waals surface area (Å²) in [5.41, 5.74) is 3.40. The van der Waals surface area contributed by atoms with Crippen molar-refractivity contribution in [1.29, 1.82) is 0 Å². The number of likely N-dealkylation sites (tertiary alicyclic amines) is 1. The van der Waals surface area contributed by atoms with Crippen molar-refractivity contribution < 1.29 is 14.3 Å². The third-order valence-corrected chi connectivity index (χ3v) is 5.63. The van der Waals surface area contributed by atoms with Gasteiger partial charge in [0.1, 0.15) is 0 Å². The molecule has 4 heterocycles. The van der Waals surface area contributed by atoms with E-state index < -0.39 is 0 Å². The highest BCUT2D eigenvalue weighted by atomic mass is 16.5. The molecule has 4 rings (SSSR count). The number of methoxy groups -OCH3 is 2. The fraction of sp³-hybridized carbons (Fsp3) is 0.409. The Morgan fingerprint density at radius 2 is 1.97 bits per heavy atom. The molecule has 0 radical (unpaired) electrons. The molecule has 30 heavy (non-hydrogen) atoms. The van der Waals surface area contributed by atoms with Crippen molar-refractivity contribution in [3.05, 3.63) is 47.5 Å². The number of aryl methyl sites for hydroxylation is 1. The number of piperidine rings is 1. The van der Waals surface area contributed by atoms with E-state index in [0.717, 1.165) is 29.4 Å². The maximum Gasteiger partial charge on any atom is 0.319 e. The fourth-order valence-electron chi connectivity index (χ4n) is 3.90. The topological polar surface area (TPSA) is 90.3 Å². The number of carbonyl (C=O) groups excluding carboxylic acids is 1. The Kier molecular flexibility index (Phi) is 5.74. The van der Waals surface area contributed by atoms with Crippen molar-refractivity contribution in [2.75, 3.05) is 27.3 Å². The number of amides is 1. The van der Waals surface area contributed by atoms with Crippen molar-refractivity contribution in [2.45, 2.75) is 32.1 Å². The lowest BCUT2D eigenvalue weighted by molar-refractivity contribution is -0.131. The molecule has 1 fully saturated rings. The summed E-state index contributed by atoms with van der Waals surface area (Å²) in [5, 5.41) is 1.04. The van der Waals surface area contributed by atoms with E-state index in [9.17, 15) is 4.79 Å². The number of ether oxygens (including phenoxy) is 2. The van der Waals surface area contributed by atoms with E-state index in [0.29, 0.717) is 36.1 Å². The van der Waals surface area contributed by atoms with Gasteiger partial charge in [-0.1, -0.05) is 0 Å². The van der Waals surface area contributed by atoms with Crippen LogP contribution in [0.15, 0.2) is 30.6 Å². The number of pyridine rings is 2. The van der Waals surface area contributed by atoms with Gasteiger partial charge in [0, 0.05) is 48.0 Å². The van der Waals surface area contributed by atoms with Crippen LogP contribution >= 0.6 is 0 Å². The quantitative estimate of drug-likeness (QED) is 0.642. The summed E-state index contributed by atoms with van der Waals surface area (Å²) in [6.07, 6.45) is 5.65. The zero-order valence-electron chi connectivity index (χ0n) is 17.5. The summed E-state index contributed by atoms with van der Waals surface area (Å²) in [4.78, 5) is 32.4. The number of rotatable bonds is 5. The molecule has 0 unspecified atom stereocenters. The van der Waals surface area contributed by atoms with Crippen LogP contribution in [0.3, 0.4) is 0 Å². The number of carbonyl (C=O) groups is 1. The number of aromatic nitrogens is 4. The van der Waals surface area contributed by atoms with Gasteiger partial charge in [0.25, 0.3) is 0 Å². The Bertz CT molecular complexity index is 1060. The van der Waals surface area contributed by atoms with E-state index in [1.807, 2.05) is 30.2 Å². The molecule has 0 aliphatic carbocycles. The van der Waals surface area contributed by atoms with E-state index in [-0.39, 0.29) is 18.3 Å². The maximum absolute atomic E-state index is 12.9. The second-order valence-electron chi connectivity index (χ2n) is 7.42. The lowest BCUT2D eigenvalue weighted by Gasteiger charge is -2.32. The molecule has 8 nitrogen and oxygen atoms in total. The van der Waals surface area contributed by atoms with E-state index in [1.54, 1.807) is 6.20 Å². The SMILES string of the molecule is COc1nc(C)c(CC(=O)N2CCC(c3cc4ncccc4cn3)CC2)c(OC)n1. The van der Waals surface area contributed by atoms with E-state index in [1.165, 1.54) is 14.2 Å². The van der Waals surface area contributed by atoms with Crippen molar-refractivity contribution >= 4 is 16.8 Å². The largest absolute Gasteiger partial charge is 0.481 e. The van der Waals surface area contributed by atoms with Gasteiger partial charge in [0.15, 0.2) is 0 Å². The molecule has 1 saturated heterocycles. The second-order valence-corrected chi connectivity index (χ2v) is 7.42. The highest BCUT2D eigenvalue weighted by Gasteiger charge is 2.26. The molecular weight excluding hydrogens is 382 g/mol. The van der Waals surface area contributed by atoms with Crippen molar-refractivity contribution in [1.82, 2.24) is 24.8 Å². The zero-order chi connectivity index (χ0) is 21.1. The first-order chi connectivity index (χ1) is 14.6. The van der Waals surface area contributed by atoms with E-state index in [2.05, 4.69) is 26.0 Å². The van der Waals surface area contributed by atoms with Crippen LogP contribution in [0, 0.1) is 6.92 Å². The molecular formula is C22H25N5O3. The summed E-state index contributed by atoms with van der Waals surface area (Å²) in [7, 11) is 3.04. The molecule has 8 heteroatoms. The monoisotopic (exact) mass is 407 g/mol. The molecule has 0 atom stereocenters. The van der Waals surface area contributed by atoms with Gasteiger partial charge in [-0.05, 0) is 38.0 Å². The molecule has 0 spiro atoms. The highest BCUT2D eigenvalue weighted by Crippen LogP contribution is 2.29. The Labute approximate surface area is 175 Å². The molecule has 1 aliphatic rings. The summed E-state index contributed by atoms with van der Waals surface area (Å²) < 4.78 is 10.4. The average molecular weight is 407 g/mol. The van der Waals surface area contributed by atoms with Gasteiger partial charge in [-0.15, -0.1) is 0 Å². The lowest BCUT2D eigenvalue weighted by atomic mass is 9.92. The molecule has 0 bridgehead atoms. The molecule has 3 aromatic heterocycles. The number of nitrogens with zero attached hydrogens (tertiary/aromatic N) is 5. The van der Waals surface area contributed by atoms with Crippen LogP contribution in [0.1, 0.15) is 35.7 Å². The minimum absolute atomic E-state index is 0.0526. The Morgan fingerprint density at radius 1 is 1.17 bits per heavy atom. The molecule has 0 N–H and O–H groups in total. The predicted octanol–water partition coefficient (Wildman–Crippen LogP) is 2.69. The van der Waals surface area contributed by atoms with Crippen LogP contribution < -0.4 is 9.47 Å². The molecule has 0 aromatic carbocycles. The normalized spacial score (nSPS) is 14.7. The minimum Gasteiger partial charge on any atom is -0.481 e. The van der Waals surface area contributed by atoms with E-state index in [4.69, 9.17) is 9.47 Å². The maximum atomic E-state index is 12.9. The first kappa shape index (κ1) is 20.0. The summed E-state index contributed by atoms with van der Waals surface area (Å²) in [6.45, 7) is 3.23. The molecule has 1 aliphatic heterocycles. The van der Waals surface area contributed by atoms with Crippen molar-refractivity contribution in [3.63, 3.8) is 0 Å². The van der Waals surface area contributed by atoms with Gasteiger partial charge in [-0.25, -0.2) is 4.98 Å². The third-order valence-electron chi connectivity index (χ3n) is 5.63. The van der Waals surface area contributed by atoms with Crippen LogP contribution in [-0.2, 0) is 11.2 Å². The lowest BCUT2D eigenvalue weighted by Crippen LogP contribution is -2.39. The summed E-state index contributed by atoms with van der Waals surface area (Å²) in [6, 6.07) is 6.23. The van der Waals surface area contributed by atoms with Gasteiger partial charge < -0.3 is 14.4 Å². The Hall–Kier alpha value is -3.29. The Balaban J connectivity index is 1.42. The standard InChI is InChI=1S/C22H25N5O3/c1-14-17(21(29-2)26-22(25-14)30-3)11-20(28)27-9-6-15(7-10-27)18-12-19-16(13-24-18)5-4-8-23-19/h4-5,8,12-13,15H,6-7,9-11H2,1-3H3. The third kappa shape index (κ3) is 4.03. The van der Waals surface area contributed by atoms with Gasteiger partial charge in [-0.3, -0.25) is 14.8 Å². The van der Waals surface area contributed by atoms with Gasteiger partial charge in [-0.2, -0.15) is 4.98 Å². The van der Waals surface area contributed by atoms with Gasteiger partial charge in [0.05, 0.1) is 31.9 Å². The fourth-order valence-corrected chi connectivity index (χ4v) is 3.90. The van der Waals surface area contributed by atoms with E-state index >= 15 is 0 Å². The van der Waals surface area contributed by atoms with Gasteiger partial charge in [0.2, 0.25) is 11.8 Å². The summed E-state index contributed by atoms with van der Waals surface area (Å²) in [5.74, 6) is 0.772. The molecule has 3 aromatic rings.